The molecule has 0 unspecified atom stereocenters. The number of rotatable bonds is 8. The molecule has 0 saturated heterocycles. The second-order valence-electron chi connectivity index (χ2n) is 4.97. The first kappa shape index (κ1) is 17.1. The van der Waals surface area contributed by atoms with Gasteiger partial charge in [-0.1, -0.05) is 12.1 Å². The molecular weight excluding hydrogens is 302 g/mol. The van der Waals surface area contributed by atoms with E-state index in [1.54, 1.807) is 19.1 Å². The molecule has 0 aliphatic carbocycles. The summed E-state index contributed by atoms with van der Waals surface area (Å²) in [6.07, 6.45) is 0. The van der Waals surface area contributed by atoms with Crippen LogP contribution in [0.25, 0.3) is 0 Å². The minimum Gasteiger partial charge on any atom is -0.490 e. The van der Waals surface area contributed by atoms with Crippen molar-refractivity contribution in [2.24, 2.45) is 0 Å². The van der Waals surface area contributed by atoms with Gasteiger partial charge in [0.25, 0.3) is 0 Å². The van der Waals surface area contributed by atoms with Gasteiger partial charge in [-0.15, -0.1) is 0 Å². The Hall–Kier alpha value is -2.21. The average Bonchev–Trinajstić information content (AvgIpc) is 2.50. The minimum atomic E-state index is -2.87. The normalized spacial score (nSPS) is 10.8. The van der Waals surface area contributed by atoms with Gasteiger partial charge in [0.2, 0.25) is 0 Å². The van der Waals surface area contributed by atoms with E-state index in [0.29, 0.717) is 25.4 Å². The van der Waals surface area contributed by atoms with Gasteiger partial charge in [-0.2, -0.15) is 8.78 Å². The van der Waals surface area contributed by atoms with Crippen molar-refractivity contribution >= 4 is 0 Å². The molecule has 0 spiro atoms. The molecule has 1 heterocycles. The van der Waals surface area contributed by atoms with Crippen LogP contribution in [-0.2, 0) is 13.1 Å². The number of aromatic nitrogens is 1. The Bertz CT molecular complexity index is 636. The lowest BCUT2D eigenvalue weighted by molar-refractivity contribution is -0.0514. The summed E-state index contributed by atoms with van der Waals surface area (Å²) in [4.78, 5) is 4.41. The van der Waals surface area contributed by atoms with E-state index >= 15 is 0 Å². The number of alkyl halides is 2. The van der Waals surface area contributed by atoms with Crippen LogP contribution in [0.2, 0.25) is 0 Å². The SMILES string of the molecule is CCOc1cc(CNCc2cccc(C)n2)ccc1OC(F)F. The van der Waals surface area contributed by atoms with Crippen LogP contribution in [0.3, 0.4) is 0 Å². The van der Waals surface area contributed by atoms with Gasteiger partial charge in [0, 0.05) is 18.8 Å². The molecule has 1 aromatic carbocycles. The van der Waals surface area contributed by atoms with E-state index in [4.69, 9.17) is 4.74 Å². The molecule has 1 aromatic heterocycles. The summed E-state index contributed by atoms with van der Waals surface area (Å²) in [7, 11) is 0. The smallest absolute Gasteiger partial charge is 0.387 e. The third-order valence-electron chi connectivity index (χ3n) is 3.11. The van der Waals surface area contributed by atoms with E-state index in [9.17, 15) is 8.78 Å². The first-order chi connectivity index (χ1) is 11.1. The van der Waals surface area contributed by atoms with E-state index < -0.39 is 6.61 Å². The zero-order valence-corrected chi connectivity index (χ0v) is 13.2. The summed E-state index contributed by atoms with van der Waals surface area (Å²) >= 11 is 0. The Morgan fingerprint density at radius 1 is 1.13 bits per heavy atom. The van der Waals surface area contributed by atoms with Gasteiger partial charge in [0.15, 0.2) is 11.5 Å². The standard InChI is InChI=1S/C17H20F2N2O2/c1-3-22-16-9-13(7-8-15(16)23-17(18)19)10-20-11-14-6-4-5-12(2)21-14/h4-9,17,20H,3,10-11H2,1-2H3. The van der Waals surface area contributed by atoms with E-state index in [1.165, 1.54) is 6.07 Å². The first-order valence-electron chi connectivity index (χ1n) is 7.42. The van der Waals surface area contributed by atoms with E-state index in [1.807, 2.05) is 25.1 Å². The summed E-state index contributed by atoms with van der Waals surface area (Å²) in [5.74, 6) is 0.367. The Balaban J connectivity index is 1.98. The zero-order chi connectivity index (χ0) is 16.7. The fourth-order valence-electron chi connectivity index (χ4n) is 2.16. The summed E-state index contributed by atoms with van der Waals surface area (Å²) < 4.78 is 34.5. The third-order valence-corrected chi connectivity index (χ3v) is 3.11. The van der Waals surface area contributed by atoms with Gasteiger partial charge < -0.3 is 14.8 Å². The lowest BCUT2D eigenvalue weighted by atomic mass is 10.2. The quantitative estimate of drug-likeness (QED) is 0.805. The van der Waals surface area contributed by atoms with Crippen LogP contribution >= 0.6 is 0 Å². The Morgan fingerprint density at radius 3 is 2.65 bits per heavy atom. The summed E-state index contributed by atoms with van der Waals surface area (Å²) in [5.41, 5.74) is 2.84. The topological polar surface area (TPSA) is 43.4 Å². The average molecular weight is 322 g/mol. The second-order valence-corrected chi connectivity index (χ2v) is 4.97. The molecule has 2 aromatic rings. The Labute approximate surface area is 134 Å². The van der Waals surface area contributed by atoms with Gasteiger partial charge in [0.05, 0.1) is 12.3 Å². The highest BCUT2D eigenvalue weighted by molar-refractivity contribution is 5.43. The molecule has 6 heteroatoms. The number of nitrogens with one attached hydrogen (secondary N) is 1. The van der Waals surface area contributed by atoms with Crippen LogP contribution in [0.4, 0.5) is 8.78 Å². The Morgan fingerprint density at radius 2 is 1.96 bits per heavy atom. The fourth-order valence-corrected chi connectivity index (χ4v) is 2.16. The maximum absolute atomic E-state index is 12.4. The van der Waals surface area contributed by atoms with Crippen LogP contribution in [-0.4, -0.2) is 18.2 Å². The highest BCUT2D eigenvalue weighted by Gasteiger charge is 2.11. The lowest BCUT2D eigenvalue weighted by Crippen LogP contribution is -2.14. The van der Waals surface area contributed by atoms with Gasteiger partial charge in [-0.05, 0) is 43.7 Å². The van der Waals surface area contributed by atoms with Crippen molar-refractivity contribution in [2.45, 2.75) is 33.5 Å². The predicted molar refractivity (Wildman–Crippen MR) is 83.8 cm³/mol. The third kappa shape index (κ3) is 5.49. The van der Waals surface area contributed by atoms with Gasteiger partial charge in [-0.25, -0.2) is 0 Å². The van der Waals surface area contributed by atoms with Crippen molar-refractivity contribution in [3.63, 3.8) is 0 Å². The number of aryl methyl sites for hydroxylation is 1. The summed E-state index contributed by atoms with van der Waals surface area (Å²) in [6.45, 7) is 2.45. The van der Waals surface area contributed by atoms with Crippen molar-refractivity contribution in [2.75, 3.05) is 6.61 Å². The molecule has 0 fully saturated rings. The monoisotopic (exact) mass is 322 g/mol. The largest absolute Gasteiger partial charge is 0.490 e. The molecular formula is C17H20F2N2O2. The summed E-state index contributed by atoms with van der Waals surface area (Å²) in [6, 6.07) is 10.8. The number of hydrogen-bond donors (Lipinski definition) is 1. The number of nitrogens with zero attached hydrogens (tertiary/aromatic N) is 1. The first-order valence-corrected chi connectivity index (χ1v) is 7.42. The van der Waals surface area contributed by atoms with Crippen LogP contribution in [0.5, 0.6) is 11.5 Å². The molecule has 4 nitrogen and oxygen atoms in total. The number of pyridine rings is 1. The van der Waals surface area contributed by atoms with Crippen molar-refractivity contribution in [3.8, 4) is 11.5 Å². The molecule has 1 N–H and O–H groups in total. The van der Waals surface area contributed by atoms with E-state index in [2.05, 4.69) is 15.0 Å². The van der Waals surface area contributed by atoms with Gasteiger partial charge >= 0.3 is 6.61 Å². The number of hydrogen-bond acceptors (Lipinski definition) is 4. The predicted octanol–water partition coefficient (Wildman–Crippen LogP) is 3.68. The maximum Gasteiger partial charge on any atom is 0.387 e. The molecule has 0 radical (unpaired) electrons. The molecule has 23 heavy (non-hydrogen) atoms. The van der Waals surface area contributed by atoms with E-state index in [-0.39, 0.29) is 5.75 Å². The molecule has 0 saturated carbocycles. The molecule has 0 bridgehead atoms. The molecule has 0 amide bonds. The van der Waals surface area contributed by atoms with Crippen LogP contribution < -0.4 is 14.8 Å². The van der Waals surface area contributed by atoms with Gasteiger partial charge in [0.1, 0.15) is 0 Å². The van der Waals surface area contributed by atoms with Gasteiger partial charge in [-0.3, -0.25) is 4.98 Å². The Kier molecular flexibility index (Phi) is 6.29. The van der Waals surface area contributed by atoms with Crippen molar-refractivity contribution < 1.29 is 18.3 Å². The van der Waals surface area contributed by atoms with Crippen LogP contribution in [0.1, 0.15) is 23.9 Å². The van der Waals surface area contributed by atoms with Crippen molar-refractivity contribution in [3.05, 3.63) is 53.3 Å². The second kappa shape index (κ2) is 8.43. The molecule has 0 aliphatic heterocycles. The van der Waals surface area contributed by atoms with E-state index in [0.717, 1.165) is 17.0 Å². The number of ether oxygens (including phenoxy) is 2. The molecule has 0 atom stereocenters. The molecule has 0 aliphatic rings. The number of halogens is 2. The molecule has 124 valence electrons. The van der Waals surface area contributed by atoms with Crippen molar-refractivity contribution in [1.29, 1.82) is 0 Å². The zero-order valence-electron chi connectivity index (χ0n) is 13.2. The van der Waals surface area contributed by atoms with Crippen molar-refractivity contribution in [1.82, 2.24) is 10.3 Å². The molecule has 2 rings (SSSR count). The number of benzene rings is 1. The maximum atomic E-state index is 12.4. The highest BCUT2D eigenvalue weighted by atomic mass is 19.3. The van der Waals surface area contributed by atoms with Crippen LogP contribution in [0, 0.1) is 6.92 Å². The highest BCUT2D eigenvalue weighted by Crippen LogP contribution is 2.29. The lowest BCUT2D eigenvalue weighted by Gasteiger charge is -2.13. The summed E-state index contributed by atoms with van der Waals surface area (Å²) in [5, 5.41) is 3.27. The fraction of sp³-hybridized carbons (Fsp3) is 0.353. The minimum absolute atomic E-state index is 0.0472. The van der Waals surface area contributed by atoms with Crippen LogP contribution in [0.15, 0.2) is 36.4 Å².